The fourth-order valence-electron chi connectivity index (χ4n) is 4.42. The zero-order valence-corrected chi connectivity index (χ0v) is 18.0. The minimum atomic E-state index is -1.09. The van der Waals surface area contributed by atoms with E-state index in [4.69, 9.17) is 8.83 Å². The standard InChI is InChI=1S/C24H27NO6/c1-4-12(2)22(23(27)28)25-21(26)10-16-13(3)15-9-17-14-7-5-6-8-18(14)30-20(17)11-19(15)31-24(16)29/h9,11-12,22H,4-8,10H2,1-3H3,(H,25,26)(H,27,28)/t12-,22-/m0/s1. The third-order valence-corrected chi connectivity index (χ3v) is 6.50. The van der Waals surface area contributed by atoms with Crippen LogP contribution in [0.2, 0.25) is 0 Å². The number of nitrogens with one attached hydrogen (secondary N) is 1. The number of carboxylic acids is 1. The smallest absolute Gasteiger partial charge is 0.340 e. The number of hydrogen-bond donors (Lipinski definition) is 2. The lowest BCUT2D eigenvalue weighted by atomic mass is 9.94. The third kappa shape index (κ3) is 3.84. The van der Waals surface area contributed by atoms with Crippen LogP contribution < -0.4 is 10.9 Å². The molecular weight excluding hydrogens is 398 g/mol. The summed E-state index contributed by atoms with van der Waals surface area (Å²) in [6.45, 7) is 5.43. The molecule has 3 aromatic rings. The van der Waals surface area contributed by atoms with Gasteiger partial charge in [0.2, 0.25) is 5.91 Å². The second kappa shape index (κ2) is 8.21. The van der Waals surface area contributed by atoms with Gasteiger partial charge in [-0.1, -0.05) is 20.3 Å². The minimum Gasteiger partial charge on any atom is -0.480 e. The first kappa shape index (κ1) is 21.2. The summed E-state index contributed by atoms with van der Waals surface area (Å²) in [5.74, 6) is -0.821. The molecule has 0 fully saturated rings. The predicted molar refractivity (Wildman–Crippen MR) is 116 cm³/mol. The Hall–Kier alpha value is -3.09. The van der Waals surface area contributed by atoms with Crippen molar-refractivity contribution in [3.63, 3.8) is 0 Å². The van der Waals surface area contributed by atoms with E-state index in [1.165, 1.54) is 5.56 Å². The maximum atomic E-state index is 12.6. The van der Waals surface area contributed by atoms with Gasteiger partial charge in [-0.05, 0) is 43.7 Å². The molecule has 0 radical (unpaired) electrons. The van der Waals surface area contributed by atoms with Crippen molar-refractivity contribution < 1.29 is 23.5 Å². The molecule has 7 heteroatoms. The van der Waals surface area contributed by atoms with Crippen molar-refractivity contribution in [3.8, 4) is 0 Å². The molecule has 2 heterocycles. The number of carboxylic acid groups (broad SMARTS) is 1. The number of carbonyl (C=O) groups is 2. The Morgan fingerprint density at radius 2 is 1.84 bits per heavy atom. The Labute approximate surface area is 179 Å². The van der Waals surface area contributed by atoms with Crippen LogP contribution in [-0.4, -0.2) is 23.0 Å². The molecule has 1 aliphatic carbocycles. The van der Waals surface area contributed by atoms with Crippen molar-refractivity contribution in [1.82, 2.24) is 5.32 Å². The van der Waals surface area contributed by atoms with Gasteiger partial charge in [0.1, 0.15) is 23.0 Å². The molecule has 31 heavy (non-hydrogen) atoms. The number of fused-ring (bicyclic) bond motifs is 4. The maximum Gasteiger partial charge on any atom is 0.340 e. The van der Waals surface area contributed by atoms with Gasteiger partial charge in [-0.3, -0.25) is 4.79 Å². The molecule has 0 saturated heterocycles. The largest absolute Gasteiger partial charge is 0.480 e. The molecular formula is C24H27NO6. The van der Waals surface area contributed by atoms with Crippen molar-refractivity contribution >= 4 is 33.8 Å². The highest BCUT2D eigenvalue weighted by Gasteiger charge is 2.26. The van der Waals surface area contributed by atoms with Crippen LogP contribution in [0.3, 0.4) is 0 Å². The Balaban J connectivity index is 1.71. The summed E-state index contributed by atoms with van der Waals surface area (Å²) in [6, 6.07) is 2.74. The highest BCUT2D eigenvalue weighted by Crippen LogP contribution is 2.35. The van der Waals surface area contributed by atoms with Crippen molar-refractivity contribution in [2.24, 2.45) is 5.92 Å². The number of benzene rings is 1. The summed E-state index contributed by atoms with van der Waals surface area (Å²) in [5, 5.41) is 13.8. The van der Waals surface area contributed by atoms with Gasteiger partial charge in [0.25, 0.3) is 0 Å². The predicted octanol–water partition coefficient (Wildman–Crippen LogP) is 3.88. The summed E-state index contributed by atoms with van der Waals surface area (Å²) in [4.78, 5) is 36.7. The molecule has 1 aromatic carbocycles. The number of carbonyl (C=O) groups excluding carboxylic acids is 1. The summed E-state index contributed by atoms with van der Waals surface area (Å²) in [7, 11) is 0. The summed E-state index contributed by atoms with van der Waals surface area (Å²) in [6.07, 6.45) is 4.48. The van der Waals surface area contributed by atoms with Crippen LogP contribution in [-0.2, 0) is 28.9 Å². The number of aliphatic carboxylic acids is 1. The van der Waals surface area contributed by atoms with Crippen molar-refractivity contribution in [2.75, 3.05) is 0 Å². The molecule has 4 rings (SSSR count). The Kier molecular flexibility index (Phi) is 5.60. The highest BCUT2D eigenvalue weighted by atomic mass is 16.4. The van der Waals surface area contributed by atoms with Gasteiger partial charge in [-0.2, -0.15) is 0 Å². The van der Waals surface area contributed by atoms with Crippen molar-refractivity contribution in [3.05, 3.63) is 45.0 Å². The lowest BCUT2D eigenvalue weighted by Gasteiger charge is -2.20. The van der Waals surface area contributed by atoms with E-state index in [1.54, 1.807) is 19.9 Å². The quantitative estimate of drug-likeness (QED) is 0.580. The summed E-state index contributed by atoms with van der Waals surface area (Å²) < 4.78 is 11.5. The first-order valence-electron chi connectivity index (χ1n) is 10.8. The second-order valence-electron chi connectivity index (χ2n) is 8.49. The molecule has 1 aliphatic rings. The molecule has 0 bridgehead atoms. The van der Waals surface area contributed by atoms with Gasteiger partial charge in [-0.15, -0.1) is 0 Å². The molecule has 0 saturated carbocycles. The van der Waals surface area contributed by atoms with Crippen LogP contribution in [0.25, 0.3) is 21.9 Å². The van der Waals surface area contributed by atoms with E-state index >= 15 is 0 Å². The Bertz CT molecular complexity index is 1230. The first-order valence-corrected chi connectivity index (χ1v) is 10.8. The van der Waals surface area contributed by atoms with Crippen LogP contribution >= 0.6 is 0 Å². The summed E-state index contributed by atoms with van der Waals surface area (Å²) >= 11 is 0. The first-order chi connectivity index (χ1) is 14.8. The van der Waals surface area contributed by atoms with Gasteiger partial charge in [-0.25, -0.2) is 9.59 Å². The lowest BCUT2D eigenvalue weighted by Crippen LogP contribution is -2.45. The summed E-state index contributed by atoms with van der Waals surface area (Å²) in [5.41, 5.74) is 2.68. The van der Waals surface area contributed by atoms with Gasteiger partial charge >= 0.3 is 11.6 Å². The van der Waals surface area contributed by atoms with Crippen molar-refractivity contribution in [1.29, 1.82) is 0 Å². The van der Waals surface area contributed by atoms with E-state index in [0.717, 1.165) is 42.2 Å². The normalized spacial score (nSPS) is 15.6. The molecule has 2 aromatic heterocycles. The SMILES string of the molecule is CC[C@H](C)[C@H](NC(=O)Cc1c(C)c2cc3c4c(oc3cc2oc1=O)CCCC4)C(=O)O. The Morgan fingerprint density at radius 3 is 2.55 bits per heavy atom. The fraction of sp³-hybridized carbons (Fsp3) is 0.458. The van der Waals surface area contributed by atoms with Crippen LogP contribution in [0.4, 0.5) is 0 Å². The molecule has 0 unspecified atom stereocenters. The van der Waals surface area contributed by atoms with Crippen LogP contribution in [0.1, 0.15) is 55.6 Å². The fourth-order valence-corrected chi connectivity index (χ4v) is 4.42. The number of hydrogen-bond acceptors (Lipinski definition) is 5. The molecule has 0 aliphatic heterocycles. The van der Waals surface area contributed by atoms with E-state index < -0.39 is 23.5 Å². The Morgan fingerprint density at radius 1 is 1.13 bits per heavy atom. The van der Waals surface area contributed by atoms with Crippen LogP contribution in [0.15, 0.2) is 25.8 Å². The zero-order chi connectivity index (χ0) is 22.3. The van der Waals surface area contributed by atoms with Gasteiger partial charge in [0.05, 0.1) is 12.0 Å². The molecule has 1 amide bonds. The zero-order valence-electron chi connectivity index (χ0n) is 18.0. The third-order valence-electron chi connectivity index (χ3n) is 6.50. The molecule has 164 valence electrons. The second-order valence-corrected chi connectivity index (χ2v) is 8.49. The van der Waals surface area contributed by atoms with E-state index in [1.807, 2.05) is 13.0 Å². The highest BCUT2D eigenvalue weighted by molar-refractivity contribution is 5.97. The number of aryl methyl sites for hydroxylation is 3. The number of amides is 1. The van der Waals surface area contributed by atoms with Crippen molar-refractivity contribution in [2.45, 2.75) is 65.3 Å². The van der Waals surface area contributed by atoms with Gasteiger partial charge < -0.3 is 19.3 Å². The molecule has 2 atom stereocenters. The monoisotopic (exact) mass is 425 g/mol. The van der Waals surface area contributed by atoms with Crippen LogP contribution in [0, 0.1) is 12.8 Å². The van der Waals surface area contributed by atoms with Gasteiger partial charge in [0, 0.05) is 28.8 Å². The molecule has 2 N–H and O–H groups in total. The average molecular weight is 425 g/mol. The van der Waals surface area contributed by atoms with Crippen LogP contribution in [0.5, 0.6) is 0 Å². The molecule has 0 spiro atoms. The lowest BCUT2D eigenvalue weighted by molar-refractivity contribution is -0.143. The van der Waals surface area contributed by atoms with E-state index in [-0.39, 0.29) is 17.9 Å². The minimum absolute atomic E-state index is 0.226. The number of furan rings is 1. The average Bonchev–Trinajstić information content (AvgIpc) is 3.10. The van der Waals surface area contributed by atoms with E-state index in [2.05, 4.69) is 5.32 Å². The van der Waals surface area contributed by atoms with Gasteiger partial charge in [0.15, 0.2) is 0 Å². The molecule has 7 nitrogen and oxygen atoms in total. The topological polar surface area (TPSA) is 110 Å². The van der Waals surface area contributed by atoms with E-state index in [9.17, 15) is 19.5 Å². The maximum absolute atomic E-state index is 12.6. The van der Waals surface area contributed by atoms with E-state index in [0.29, 0.717) is 23.2 Å². The number of rotatable bonds is 6.